The van der Waals surface area contributed by atoms with Gasteiger partial charge in [-0.3, -0.25) is 0 Å². The van der Waals surface area contributed by atoms with Crippen molar-refractivity contribution >= 4 is 0 Å². The topological polar surface area (TPSA) is 53.7 Å². The lowest BCUT2D eigenvalue weighted by atomic mass is 10.2. The van der Waals surface area contributed by atoms with Crippen molar-refractivity contribution in [2.45, 2.75) is 13.2 Å². The van der Waals surface area contributed by atoms with Crippen molar-refractivity contribution in [3.05, 3.63) is 59.7 Å². The molecular weight excluding hydrogens is 266 g/mol. The maximum atomic E-state index is 5.60. The average Bonchev–Trinajstić information content (AvgIpc) is 2.55. The van der Waals surface area contributed by atoms with E-state index in [9.17, 15) is 0 Å². The molecule has 0 aliphatic rings. The number of hydrogen-bond acceptors (Lipinski definition) is 4. The van der Waals surface area contributed by atoms with Crippen molar-refractivity contribution < 1.29 is 14.2 Å². The molecule has 0 saturated heterocycles. The van der Waals surface area contributed by atoms with Gasteiger partial charge in [0.05, 0.1) is 20.3 Å². The van der Waals surface area contributed by atoms with Gasteiger partial charge in [0.2, 0.25) is 0 Å². The molecule has 0 spiro atoms. The van der Waals surface area contributed by atoms with E-state index >= 15 is 0 Å². The molecule has 0 aromatic heterocycles. The van der Waals surface area contributed by atoms with Crippen molar-refractivity contribution in [2.75, 3.05) is 20.3 Å². The Balaban J connectivity index is 1.67. The fraction of sp³-hybridized carbons (Fsp3) is 0.294. The molecule has 4 heteroatoms. The zero-order valence-corrected chi connectivity index (χ0v) is 12.2. The number of nitrogens with two attached hydrogens (primary N) is 1. The van der Waals surface area contributed by atoms with E-state index in [2.05, 4.69) is 0 Å². The third-order valence-electron chi connectivity index (χ3n) is 3.06. The van der Waals surface area contributed by atoms with Crippen LogP contribution in [0.15, 0.2) is 48.5 Å². The predicted molar refractivity (Wildman–Crippen MR) is 82.5 cm³/mol. The Bertz CT molecular complexity index is 540. The van der Waals surface area contributed by atoms with Crippen LogP contribution in [0.1, 0.15) is 11.1 Å². The molecule has 0 radical (unpaired) electrons. The van der Waals surface area contributed by atoms with E-state index < -0.39 is 0 Å². The van der Waals surface area contributed by atoms with Gasteiger partial charge in [-0.05, 0) is 35.4 Å². The molecule has 0 atom stereocenters. The number of ether oxygens (including phenoxy) is 3. The minimum atomic E-state index is 0.520. The summed E-state index contributed by atoms with van der Waals surface area (Å²) in [5.41, 5.74) is 7.72. The highest BCUT2D eigenvalue weighted by Gasteiger charge is 1.98. The Kier molecular flexibility index (Phi) is 6.06. The van der Waals surface area contributed by atoms with Crippen LogP contribution in [0.2, 0.25) is 0 Å². The standard InChI is InChI=1S/C17H21NO3/c1-19-17-4-2-3-15(11-17)13-20-9-10-21-16-7-5-14(12-18)6-8-16/h2-8,11H,9-10,12-13,18H2,1H3. The lowest BCUT2D eigenvalue weighted by Gasteiger charge is -2.08. The van der Waals surface area contributed by atoms with Crippen LogP contribution < -0.4 is 15.2 Å². The molecule has 0 amide bonds. The summed E-state index contributed by atoms with van der Waals surface area (Å²) in [6.07, 6.45) is 0. The molecule has 21 heavy (non-hydrogen) atoms. The molecule has 2 aromatic rings. The first kappa shape index (κ1) is 15.4. The first-order valence-electron chi connectivity index (χ1n) is 6.94. The first-order valence-corrected chi connectivity index (χ1v) is 6.94. The summed E-state index contributed by atoms with van der Waals surface area (Å²) in [6, 6.07) is 15.6. The van der Waals surface area contributed by atoms with Crippen molar-refractivity contribution in [1.29, 1.82) is 0 Å². The van der Waals surface area contributed by atoms with Crippen LogP contribution in [0, 0.1) is 0 Å². The quantitative estimate of drug-likeness (QED) is 0.759. The smallest absolute Gasteiger partial charge is 0.119 e. The van der Waals surface area contributed by atoms with Gasteiger partial charge in [0.15, 0.2) is 0 Å². The highest BCUT2D eigenvalue weighted by molar-refractivity contribution is 5.28. The summed E-state index contributed by atoms with van der Waals surface area (Å²) in [5.74, 6) is 1.67. The highest BCUT2D eigenvalue weighted by Crippen LogP contribution is 2.14. The van der Waals surface area contributed by atoms with Crippen LogP contribution in [0.5, 0.6) is 11.5 Å². The van der Waals surface area contributed by atoms with Crippen molar-refractivity contribution in [1.82, 2.24) is 0 Å². The van der Waals surface area contributed by atoms with Gasteiger partial charge >= 0.3 is 0 Å². The van der Waals surface area contributed by atoms with E-state index in [1.807, 2.05) is 48.5 Å². The molecule has 0 bridgehead atoms. The third-order valence-corrected chi connectivity index (χ3v) is 3.06. The molecule has 0 unspecified atom stereocenters. The molecule has 0 aliphatic heterocycles. The maximum absolute atomic E-state index is 5.60. The Morgan fingerprint density at radius 3 is 2.43 bits per heavy atom. The SMILES string of the molecule is COc1cccc(COCCOc2ccc(CN)cc2)c1. The monoisotopic (exact) mass is 287 g/mol. The van der Waals surface area contributed by atoms with Gasteiger partial charge in [0.25, 0.3) is 0 Å². The van der Waals surface area contributed by atoms with Gasteiger partial charge in [-0.25, -0.2) is 0 Å². The predicted octanol–water partition coefficient (Wildman–Crippen LogP) is 2.75. The highest BCUT2D eigenvalue weighted by atomic mass is 16.5. The Labute approximate surface area is 125 Å². The van der Waals surface area contributed by atoms with Gasteiger partial charge in [-0.15, -0.1) is 0 Å². The van der Waals surface area contributed by atoms with Gasteiger partial charge in [0, 0.05) is 6.54 Å². The summed E-state index contributed by atoms with van der Waals surface area (Å²) in [7, 11) is 1.66. The summed E-state index contributed by atoms with van der Waals surface area (Å²) >= 11 is 0. The van der Waals surface area contributed by atoms with Crippen LogP contribution in [-0.2, 0) is 17.9 Å². The van der Waals surface area contributed by atoms with Crippen molar-refractivity contribution in [3.63, 3.8) is 0 Å². The second-order valence-corrected chi connectivity index (χ2v) is 4.60. The van der Waals surface area contributed by atoms with Crippen LogP contribution in [0.4, 0.5) is 0 Å². The van der Waals surface area contributed by atoms with E-state index in [0.29, 0.717) is 26.4 Å². The molecule has 0 heterocycles. The Hall–Kier alpha value is -2.04. The fourth-order valence-corrected chi connectivity index (χ4v) is 1.89. The van der Waals surface area contributed by atoms with Gasteiger partial charge in [0.1, 0.15) is 18.1 Å². The molecule has 0 fully saturated rings. The first-order chi connectivity index (χ1) is 10.3. The second kappa shape index (κ2) is 8.29. The molecule has 112 valence electrons. The molecule has 0 saturated carbocycles. The van der Waals surface area contributed by atoms with E-state index in [1.165, 1.54) is 0 Å². The molecule has 4 nitrogen and oxygen atoms in total. The van der Waals surface area contributed by atoms with Gasteiger partial charge in [-0.1, -0.05) is 24.3 Å². The number of benzene rings is 2. The Morgan fingerprint density at radius 1 is 0.905 bits per heavy atom. The summed E-state index contributed by atoms with van der Waals surface area (Å²) in [4.78, 5) is 0. The van der Waals surface area contributed by atoms with Crippen LogP contribution in [0.3, 0.4) is 0 Å². The van der Waals surface area contributed by atoms with Crippen molar-refractivity contribution in [3.8, 4) is 11.5 Å². The van der Waals surface area contributed by atoms with Gasteiger partial charge < -0.3 is 19.9 Å². The molecule has 2 aromatic carbocycles. The summed E-state index contributed by atoms with van der Waals surface area (Å²) < 4.78 is 16.4. The largest absolute Gasteiger partial charge is 0.497 e. The zero-order chi connectivity index (χ0) is 14.9. The minimum Gasteiger partial charge on any atom is -0.497 e. The summed E-state index contributed by atoms with van der Waals surface area (Å²) in [6.45, 7) is 2.15. The number of hydrogen-bond donors (Lipinski definition) is 1. The molecule has 0 aliphatic carbocycles. The fourth-order valence-electron chi connectivity index (χ4n) is 1.89. The van der Waals surface area contributed by atoms with E-state index in [1.54, 1.807) is 7.11 Å². The average molecular weight is 287 g/mol. The van der Waals surface area contributed by atoms with Crippen molar-refractivity contribution in [2.24, 2.45) is 5.73 Å². The van der Waals surface area contributed by atoms with E-state index in [4.69, 9.17) is 19.9 Å². The van der Waals surface area contributed by atoms with E-state index in [0.717, 1.165) is 22.6 Å². The molecule has 2 N–H and O–H groups in total. The normalized spacial score (nSPS) is 10.4. The van der Waals surface area contributed by atoms with Crippen LogP contribution in [0.25, 0.3) is 0 Å². The second-order valence-electron chi connectivity index (χ2n) is 4.60. The Morgan fingerprint density at radius 2 is 1.71 bits per heavy atom. The van der Waals surface area contributed by atoms with E-state index in [-0.39, 0.29) is 0 Å². The third kappa shape index (κ3) is 5.10. The van der Waals surface area contributed by atoms with Gasteiger partial charge in [-0.2, -0.15) is 0 Å². The minimum absolute atomic E-state index is 0.520. The zero-order valence-electron chi connectivity index (χ0n) is 12.2. The number of methoxy groups -OCH3 is 1. The maximum Gasteiger partial charge on any atom is 0.119 e. The van der Waals surface area contributed by atoms with Crippen LogP contribution >= 0.6 is 0 Å². The summed E-state index contributed by atoms with van der Waals surface area (Å²) in [5, 5.41) is 0. The lowest BCUT2D eigenvalue weighted by molar-refractivity contribution is 0.0888. The molecule has 2 rings (SSSR count). The lowest BCUT2D eigenvalue weighted by Crippen LogP contribution is -2.07. The van der Waals surface area contributed by atoms with Crippen LogP contribution in [-0.4, -0.2) is 20.3 Å². The number of rotatable bonds is 8. The molecular formula is C17H21NO3.